The molecule has 0 unspecified atom stereocenters. The Balaban J connectivity index is 1.03. The van der Waals surface area contributed by atoms with E-state index in [0.717, 1.165) is 126 Å². The molecule has 0 bridgehead atoms. The predicted molar refractivity (Wildman–Crippen MR) is 254 cm³/mol. The van der Waals surface area contributed by atoms with Gasteiger partial charge in [0.2, 0.25) is 0 Å². The van der Waals surface area contributed by atoms with Crippen LogP contribution in [0.1, 0.15) is 0 Å². The Labute approximate surface area is 350 Å². The van der Waals surface area contributed by atoms with Crippen LogP contribution in [0, 0.1) is 0 Å². The predicted octanol–water partition coefficient (Wildman–Crippen LogP) is 15.4. The fraction of sp³-hybridized carbons (Fsp3) is 0. The minimum absolute atomic E-state index is 0.887. The van der Waals surface area contributed by atoms with Gasteiger partial charge in [0.1, 0.15) is 11.2 Å². The van der Waals surface area contributed by atoms with Gasteiger partial charge in [-0.05, 0) is 69.1 Å². The molecule has 0 saturated heterocycles. The molecule has 0 N–H and O–H groups in total. The van der Waals surface area contributed by atoms with E-state index in [1.165, 1.54) is 5.56 Å². The average Bonchev–Trinajstić information content (AvgIpc) is 3.72. The first-order chi connectivity index (χ1) is 30.2. The Morgan fingerprint density at radius 3 is 1.61 bits per heavy atom. The van der Waals surface area contributed by atoms with E-state index in [1.807, 2.05) is 18.2 Å². The van der Waals surface area contributed by atoms with Crippen molar-refractivity contribution in [1.82, 2.24) is 15.0 Å². The van der Waals surface area contributed by atoms with Crippen molar-refractivity contribution in [2.75, 3.05) is 0 Å². The summed E-state index contributed by atoms with van der Waals surface area (Å²) in [6.45, 7) is 0. The van der Waals surface area contributed by atoms with E-state index >= 15 is 0 Å². The van der Waals surface area contributed by atoms with Crippen LogP contribution < -0.4 is 0 Å². The standard InChI is InChI=1S/C57H33N3O/c1-2-13-34(14-3-1)47-31-27-35-25-26-36-28-32-49(60-56(36)55(35)58-47)52-42-20-6-4-18-40(42)51(41-19-5-7-21-43(41)52)37-15-12-16-38(33-37)54-46-30-29-44-39-17-9-11-24-50(39)61-57(44)53(46)45-22-8-10-23-48(45)59-54/h1-33H. The lowest BCUT2D eigenvalue weighted by Gasteiger charge is -2.18. The van der Waals surface area contributed by atoms with Crippen molar-refractivity contribution >= 4 is 87.0 Å². The zero-order valence-electron chi connectivity index (χ0n) is 32.8. The van der Waals surface area contributed by atoms with E-state index < -0.39 is 0 Å². The second kappa shape index (κ2) is 13.2. The van der Waals surface area contributed by atoms with Crippen molar-refractivity contribution in [3.05, 3.63) is 200 Å². The molecule has 13 rings (SSSR count). The van der Waals surface area contributed by atoms with E-state index in [4.69, 9.17) is 19.4 Å². The van der Waals surface area contributed by atoms with Gasteiger partial charge >= 0.3 is 0 Å². The van der Waals surface area contributed by atoms with Crippen molar-refractivity contribution in [1.29, 1.82) is 0 Å². The number of benzene rings is 9. The lowest BCUT2D eigenvalue weighted by molar-refractivity contribution is 0.673. The third-order valence-electron chi connectivity index (χ3n) is 12.4. The van der Waals surface area contributed by atoms with Crippen LogP contribution in [0.25, 0.3) is 132 Å². The molecule has 4 heterocycles. The lowest BCUT2D eigenvalue weighted by atomic mass is 9.86. The van der Waals surface area contributed by atoms with Gasteiger partial charge in [0, 0.05) is 54.4 Å². The number of pyridine rings is 3. The molecule has 0 atom stereocenters. The van der Waals surface area contributed by atoms with Crippen LogP contribution >= 0.6 is 0 Å². The SMILES string of the molecule is c1ccc(-c2ccc3ccc4ccc(-c5c6ccccc6c(-c6cccc(-c7nc8ccccc8c8c7ccc7c9ccccc9oc78)c6)c6ccccc56)nc4c3n2)cc1. The van der Waals surface area contributed by atoms with Crippen LogP contribution in [-0.2, 0) is 0 Å². The average molecular weight is 776 g/mol. The minimum Gasteiger partial charge on any atom is -0.455 e. The minimum atomic E-state index is 0.887. The zero-order valence-corrected chi connectivity index (χ0v) is 32.8. The van der Waals surface area contributed by atoms with Crippen LogP contribution in [0.3, 0.4) is 0 Å². The third kappa shape index (κ3) is 5.16. The van der Waals surface area contributed by atoms with Gasteiger partial charge in [0.25, 0.3) is 0 Å². The summed E-state index contributed by atoms with van der Waals surface area (Å²) in [5.41, 5.74) is 12.9. The fourth-order valence-corrected chi connectivity index (χ4v) is 9.65. The van der Waals surface area contributed by atoms with Crippen molar-refractivity contribution < 1.29 is 4.42 Å². The summed E-state index contributed by atoms with van der Waals surface area (Å²) in [5.74, 6) is 0. The molecule has 0 aliphatic rings. The van der Waals surface area contributed by atoms with Crippen LogP contribution in [0.5, 0.6) is 0 Å². The number of aromatic nitrogens is 3. The van der Waals surface area contributed by atoms with Gasteiger partial charge < -0.3 is 4.42 Å². The first-order valence-electron chi connectivity index (χ1n) is 20.7. The number of nitrogens with zero attached hydrogens (tertiary/aromatic N) is 3. The van der Waals surface area contributed by atoms with Gasteiger partial charge in [-0.2, -0.15) is 0 Å². The molecule has 0 aliphatic carbocycles. The maximum atomic E-state index is 6.63. The topological polar surface area (TPSA) is 51.8 Å². The largest absolute Gasteiger partial charge is 0.455 e. The normalized spacial score (nSPS) is 11.9. The molecule has 13 aromatic rings. The molecule has 9 aromatic carbocycles. The smallest absolute Gasteiger partial charge is 0.144 e. The van der Waals surface area contributed by atoms with Crippen molar-refractivity contribution in [3.8, 4) is 44.9 Å². The van der Waals surface area contributed by atoms with Crippen molar-refractivity contribution in [3.63, 3.8) is 0 Å². The van der Waals surface area contributed by atoms with Crippen molar-refractivity contribution in [2.24, 2.45) is 0 Å². The Kier molecular flexibility index (Phi) is 7.27. The summed E-state index contributed by atoms with van der Waals surface area (Å²) >= 11 is 0. The van der Waals surface area contributed by atoms with E-state index in [1.54, 1.807) is 0 Å². The van der Waals surface area contributed by atoms with Gasteiger partial charge in [-0.3, -0.25) is 0 Å². The number of hydrogen-bond acceptors (Lipinski definition) is 4. The molecule has 0 aliphatic heterocycles. The molecule has 4 nitrogen and oxygen atoms in total. The molecule has 0 radical (unpaired) electrons. The van der Waals surface area contributed by atoms with Gasteiger partial charge in [-0.1, -0.05) is 164 Å². The van der Waals surface area contributed by atoms with E-state index in [2.05, 4.69) is 182 Å². The molecule has 0 fully saturated rings. The molecule has 0 amide bonds. The number of fused-ring (bicyclic) bond motifs is 12. The Morgan fingerprint density at radius 2 is 0.869 bits per heavy atom. The molecule has 4 heteroatoms. The summed E-state index contributed by atoms with van der Waals surface area (Å²) in [6.07, 6.45) is 0. The van der Waals surface area contributed by atoms with Crippen LogP contribution in [0.2, 0.25) is 0 Å². The number of para-hydroxylation sites is 2. The Hall–Kier alpha value is -8.21. The molecule has 0 saturated carbocycles. The van der Waals surface area contributed by atoms with Gasteiger partial charge in [-0.25, -0.2) is 15.0 Å². The third-order valence-corrected chi connectivity index (χ3v) is 12.4. The van der Waals surface area contributed by atoms with E-state index in [-0.39, 0.29) is 0 Å². The van der Waals surface area contributed by atoms with Crippen LogP contribution in [0.4, 0.5) is 0 Å². The van der Waals surface area contributed by atoms with Gasteiger partial charge in [-0.15, -0.1) is 0 Å². The summed E-state index contributed by atoms with van der Waals surface area (Å²) in [5, 5.41) is 12.2. The first kappa shape index (κ1) is 33.7. The number of furan rings is 1. The van der Waals surface area contributed by atoms with E-state index in [9.17, 15) is 0 Å². The van der Waals surface area contributed by atoms with Crippen molar-refractivity contribution in [2.45, 2.75) is 0 Å². The highest BCUT2D eigenvalue weighted by atomic mass is 16.3. The molecule has 0 spiro atoms. The quantitative estimate of drug-likeness (QED) is 0.132. The highest BCUT2D eigenvalue weighted by molar-refractivity contribution is 6.25. The molecule has 282 valence electrons. The molecule has 4 aromatic heterocycles. The summed E-state index contributed by atoms with van der Waals surface area (Å²) in [6, 6.07) is 70.8. The summed E-state index contributed by atoms with van der Waals surface area (Å²) in [7, 11) is 0. The molecular formula is C57H33N3O. The number of rotatable bonds is 4. The maximum absolute atomic E-state index is 6.63. The first-order valence-corrected chi connectivity index (χ1v) is 20.7. The highest BCUT2D eigenvalue weighted by Crippen LogP contribution is 2.46. The summed E-state index contributed by atoms with van der Waals surface area (Å²) in [4.78, 5) is 16.0. The monoisotopic (exact) mass is 775 g/mol. The fourth-order valence-electron chi connectivity index (χ4n) is 9.65. The van der Waals surface area contributed by atoms with Gasteiger partial charge in [0.15, 0.2) is 0 Å². The van der Waals surface area contributed by atoms with Crippen LogP contribution in [-0.4, -0.2) is 15.0 Å². The Bertz CT molecular complexity index is 3890. The maximum Gasteiger partial charge on any atom is 0.144 e. The second-order valence-corrected chi connectivity index (χ2v) is 15.8. The molecule has 61 heavy (non-hydrogen) atoms. The Morgan fingerprint density at radius 1 is 0.328 bits per heavy atom. The molecular weight excluding hydrogens is 743 g/mol. The van der Waals surface area contributed by atoms with Gasteiger partial charge in [0.05, 0.1) is 33.6 Å². The highest BCUT2D eigenvalue weighted by Gasteiger charge is 2.21. The van der Waals surface area contributed by atoms with E-state index in [0.29, 0.717) is 0 Å². The second-order valence-electron chi connectivity index (χ2n) is 15.8. The lowest BCUT2D eigenvalue weighted by Crippen LogP contribution is -1.95. The summed E-state index contributed by atoms with van der Waals surface area (Å²) < 4.78 is 6.63. The zero-order chi connectivity index (χ0) is 40.0. The number of hydrogen-bond donors (Lipinski definition) is 0. The van der Waals surface area contributed by atoms with Crippen LogP contribution in [0.15, 0.2) is 205 Å².